The number of hydrogen-bond acceptors (Lipinski definition) is 4. The molecule has 0 saturated carbocycles. The first-order chi connectivity index (χ1) is 13.1. The Hall–Kier alpha value is -3.35. The van der Waals surface area contributed by atoms with Crippen molar-refractivity contribution in [1.82, 2.24) is 4.90 Å². The van der Waals surface area contributed by atoms with Gasteiger partial charge in [-0.2, -0.15) is 0 Å². The Balaban J connectivity index is 1.61. The van der Waals surface area contributed by atoms with Gasteiger partial charge < -0.3 is 20.3 Å². The molecule has 0 bridgehead atoms. The molecule has 2 heterocycles. The Morgan fingerprint density at radius 1 is 1.22 bits per heavy atom. The normalized spacial score (nSPS) is 18.3. The molecule has 0 radical (unpaired) electrons. The Bertz CT molecular complexity index is 941. The molecule has 27 heavy (non-hydrogen) atoms. The van der Waals surface area contributed by atoms with E-state index < -0.39 is 6.04 Å². The van der Waals surface area contributed by atoms with E-state index in [0.717, 1.165) is 6.42 Å². The van der Waals surface area contributed by atoms with Crippen LogP contribution in [0.2, 0.25) is 0 Å². The van der Waals surface area contributed by atoms with Crippen LogP contribution in [-0.2, 0) is 4.79 Å². The summed E-state index contributed by atoms with van der Waals surface area (Å²) in [4.78, 5) is 39.3. The standard InChI is InChI=1S/C20H19N3O4/c1-27-14-5-2-4-12(10-14)18(24)21-13-7-8-16-15(11-13)20(26)23-9-3-6-17(23)19(25)22-16/h2,4-5,7-8,10-11,17H,3,6,9H2,1H3,(H,21,24)(H,22,25)/t17-/m1/s1. The van der Waals surface area contributed by atoms with Gasteiger partial charge in [-0.3, -0.25) is 14.4 Å². The van der Waals surface area contributed by atoms with Gasteiger partial charge >= 0.3 is 0 Å². The molecule has 2 aromatic rings. The van der Waals surface area contributed by atoms with Crippen LogP contribution >= 0.6 is 0 Å². The lowest BCUT2D eigenvalue weighted by Crippen LogP contribution is -2.40. The van der Waals surface area contributed by atoms with Crippen molar-refractivity contribution >= 4 is 29.1 Å². The summed E-state index contributed by atoms with van der Waals surface area (Å²) < 4.78 is 5.14. The van der Waals surface area contributed by atoms with Gasteiger partial charge in [0.15, 0.2) is 0 Å². The Labute approximate surface area is 156 Å². The van der Waals surface area contributed by atoms with Gasteiger partial charge in [0, 0.05) is 17.8 Å². The van der Waals surface area contributed by atoms with Crippen molar-refractivity contribution in [3.8, 4) is 5.75 Å². The molecule has 1 atom stereocenters. The molecule has 4 rings (SSSR count). The maximum atomic E-state index is 12.9. The van der Waals surface area contributed by atoms with Crippen molar-refractivity contribution in [3.05, 3.63) is 53.6 Å². The van der Waals surface area contributed by atoms with Crippen LogP contribution < -0.4 is 15.4 Å². The molecule has 1 saturated heterocycles. The Kier molecular flexibility index (Phi) is 4.27. The lowest BCUT2D eigenvalue weighted by molar-refractivity contribution is -0.119. The summed E-state index contributed by atoms with van der Waals surface area (Å²) in [6, 6.07) is 11.3. The molecular weight excluding hydrogens is 346 g/mol. The molecule has 2 N–H and O–H groups in total. The zero-order valence-electron chi connectivity index (χ0n) is 14.8. The largest absolute Gasteiger partial charge is 0.497 e. The number of ether oxygens (including phenoxy) is 1. The van der Waals surface area contributed by atoms with Crippen molar-refractivity contribution in [2.75, 3.05) is 24.3 Å². The molecule has 0 unspecified atom stereocenters. The number of rotatable bonds is 3. The smallest absolute Gasteiger partial charge is 0.256 e. The van der Waals surface area contributed by atoms with Gasteiger partial charge in [-0.05, 0) is 49.2 Å². The predicted octanol–water partition coefficient (Wildman–Crippen LogP) is 2.50. The predicted molar refractivity (Wildman–Crippen MR) is 100 cm³/mol. The number of carbonyl (C=O) groups excluding carboxylic acids is 3. The summed E-state index contributed by atoms with van der Waals surface area (Å²) in [5, 5.41) is 5.61. The van der Waals surface area contributed by atoms with Crippen LogP contribution in [0.25, 0.3) is 0 Å². The van der Waals surface area contributed by atoms with Crippen LogP contribution in [0.3, 0.4) is 0 Å². The topological polar surface area (TPSA) is 87.7 Å². The van der Waals surface area contributed by atoms with E-state index in [1.165, 1.54) is 7.11 Å². The van der Waals surface area contributed by atoms with Gasteiger partial charge in [-0.1, -0.05) is 6.07 Å². The summed E-state index contributed by atoms with van der Waals surface area (Å²) in [6.07, 6.45) is 1.48. The lowest BCUT2D eigenvalue weighted by atomic mass is 10.1. The molecule has 1 fully saturated rings. The minimum atomic E-state index is -0.417. The van der Waals surface area contributed by atoms with E-state index in [-0.39, 0.29) is 17.7 Å². The van der Waals surface area contributed by atoms with E-state index in [1.54, 1.807) is 47.4 Å². The van der Waals surface area contributed by atoms with Gasteiger partial charge in [0.25, 0.3) is 11.8 Å². The van der Waals surface area contributed by atoms with E-state index in [1.807, 2.05) is 0 Å². The second-order valence-corrected chi connectivity index (χ2v) is 6.59. The number of fused-ring (bicyclic) bond motifs is 2. The van der Waals surface area contributed by atoms with E-state index in [2.05, 4.69) is 10.6 Å². The fourth-order valence-electron chi connectivity index (χ4n) is 3.53. The van der Waals surface area contributed by atoms with Crippen molar-refractivity contribution in [2.45, 2.75) is 18.9 Å². The summed E-state index contributed by atoms with van der Waals surface area (Å²) in [5.41, 5.74) is 1.79. The third kappa shape index (κ3) is 3.12. The lowest BCUT2D eigenvalue weighted by Gasteiger charge is -2.20. The Morgan fingerprint density at radius 3 is 2.89 bits per heavy atom. The number of carbonyl (C=O) groups is 3. The van der Waals surface area contributed by atoms with E-state index in [4.69, 9.17) is 4.74 Å². The molecule has 2 aromatic carbocycles. The summed E-state index contributed by atoms with van der Waals surface area (Å²) in [5.74, 6) is -0.0726. The van der Waals surface area contributed by atoms with Crippen LogP contribution in [0.1, 0.15) is 33.6 Å². The van der Waals surface area contributed by atoms with Gasteiger partial charge in [0.1, 0.15) is 11.8 Å². The summed E-state index contributed by atoms with van der Waals surface area (Å²) >= 11 is 0. The highest BCUT2D eigenvalue weighted by Gasteiger charge is 2.38. The van der Waals surface area contributed by atoms with Crippen LogP contribution in [0, 0.1) is 0 Å². The minimum absolute atomic E-state index is 0.159. The fourth-order valence-corrected chi connectivity index (χ4v) is 3.53. The number of nitrogens with zero attached hydrogens (tertiary/aromatic N) is 1. The molecule has 3 amide bonds. The second kappa shape index (κ2) is 6.75. The second-order valence-electron chi connectivity index (χ2n) is 6.59. The maximum Gasteiger partial charge on any atom is 0.256 e. The van der Waals surface area contributed by atoms with E-state index in [0.29, 0.717) is 41.2 Å². The van der Waals surface area contributed by atoms with Crippen molar-refractivity contribution in [2.24, 2.45) is 0 Å². The Morgan fingerprint density at radius 2 is 2.07 bits per heavy atom. The zero-order chi connectivity index (χ0) is 19.0. The number of methoxy groups -OCH3 is 1. The molecule has 7 heteroatoms. The summed E-state index contributed by atoms with van der Waals surface area (Å²) in [7, 11) is 1.54. The quantitative estimate of drug-likeness (QED) is 0.875. The first-order valence-corrected chi connectivity index (χ1v) is 8.78. The molecule has 0 spiro atoms. The van der Waals surface area contributed by atoms with Crippen molar-refractivity contribution in [3.63, 3.8) is 0 Å². The number of hydrogen-bond donors (Lipinski definition) is 2. The van der Waals surface area contributed by atoms with Gasteiger partial charge in [0.05, 0.1) is 18.4 Å². The molecule has 138 valence electrons. The minimum Gasteiger partial charge on any atom is -0.497 e. The van der Waals surface area contributed by atoms with Crippen LogP contribution in [0.15, 0.2) is 42.5 Å². The zero-order valence-corrected chi connectivity index (χ0v) is 14.8. The van der Waals surface area contributed by atoms with Crippen LogP contribution in [0.4, 0.5) is 11.4 Å². The van der Waals surface area contributed by atoms with Crippen molar-refractivity contribution < 1.29 is 19.1 Å². The maximum absolute atomic E-state index is 12.9. The van der Waals surface area contributed by atoms with Crippen LogP contribution in [-0.4, -0.2) is 42.3 Å². The molecule has 0 aromatic heterocycles. The third-order valence-corrected chi connectivity index (χ3v) is 4.91. The first kappa shape index (κ1) is 17.1. The average Bonchev–Trinajstić information content (AvgIpc) is 3.15. The highest BCUT2D eigenvalue weighted by Crippen LogP contribution is 2.30. The van der Waals surface area contributed by atoms with Gasteiger partial charge in [-0.15, -0.1) is 0 Å². The van der Waals surface area contributed by atoms with E-state index in [9.17, 15) is 14.4 Å². The molecular formula is C20H19N3O4. The SMILES string of the molecule is COc1cccc(C(=O)Nc2ccc3c(c2)C(=O)N2CCC[C@@H]2C(=O)N3)c1. The number of amides is 3. The number of benzene rings is 2. The third-order valence-electron chi connectivity index (χ3n) is 4.91. The highest BCUT2D eigenvalue weighted by atomic mass is 16.5. The molecule has 2 aliphatic rings. The molecule has 2 aliphatic heterocycles. The number of nitrogens with one attached hydrogen (secondary N) is 2. The highest BCUT2D eigenvalue weighted by molar-refractivity contribution is 6.11. The summed E-state index contributed by atoms with van der Waals surface area (Å²) in [6.45, 7) is 0.566. The molecule has 0 aliphatic carbocycles. The monoisotopic (exact) mass is 365 g/mol. The van der Waals surface area contributed by atoms with Gasteiger partial charge in [-0.25, -0.2) is 0 Å². The average molecular weight is 365 g/mol. The first-order valence-electron chi connectivity index (χ1n) is 8.78. The molecule has 7 nitrogen and oxygen atoms in total. The van der Waals surface area contributed by atoms with Gasteiger partial charge in [0.2, 0.25) is 5.91 Å². The van der Waals surface area contributed by atoms with Crippen molar-refractivity contribution in [1.29, 1.82) is 0 Å². The number of anilines is 2. The van der Waals surface area contributed by atoms with Crippen LogP contribution in [0.5, 0.6) is 5.75 Å². The fraction of sp³-hybridized carbons (Fsp3) is 0.250. The van der Waals surface area contributed by atoms with E-state index >= 15 is 0 Å².